The van der Waals surface area contributed by atoms with Gasteiger partial charge >= 0.3 is 0 Å². The molecule has 7 heteroatoms. The van der Waals surface area contributed by atoms with Gasteiger partial charge in [-0.25, -0.2) is 4.68 Å². The Morgan fingerprint density at radius 2 is 2.42 bits per heavy atom. The summed E-state index contributed by atoms with van der Waals surface area (Å²) in [6, 6.07) is 0. The number of aromatic nitrogens is 3. The van der Waals surface area contributed by atoms with Crippen LogP contribution in [0.25, 0.3) is 0 Å². The van der Waals surface area contributed by atoms with Gasteiger partial charge in [0.05, 0.1) is 18.5 Å². The van der Waals surface area contributed by atoms with E-state index in [0.29, 0.717) is 25.4 Å². The zero-order valence-electron chi connectivity index (χ0n) is 11.1. The number of carbonyl (C=O) groups is 1. The van der Waals surface area contributed by atoms with Crippen molar-refractivity contribution < 1.29 is 9.53 Å². The number of rotatable bonds is 5. The van der Waals surface area contributed by atoms with E-state index in [-0.39, 0.29) is 12.5 Å². The van der Waals surface area contributed by atoms with Gasteiger partial charge in [-0.2, -0.15) is 0 Å². The molecule has 1 amide bonds. The molecule has 0 atom stereocenters. The van der Waals surface area contributed by atoms with Crippen molar-refractivity contribution in [2.75, 3.05) is 26.8 Å². The van der Waals surface area contributed by atoms with Gasteiger partial charge in [0, 0.05) is 26.7 Å². The molecule has 0 aliphatic carbocycles. The highest BCUT2D eigenvalue weighted by atomic mass is 16.5. The summed E-state index contributed by atoms with van der Waals surface area (Å²) in [5.74, 6) is 0.0428. The van der Waals surface area contributed by atoms with Gasteiger partial charge in [-0.1, -0.05) is 11.3 Å². The molecular formula is C12H19N5O2. The van der Waals surface area contributed by atoms with Crippen LogP contribution in [0.4, 0.5) is 0 Å². The maximum absolute atomic E-state index is 12.1. The van der Waals surface area contributed by atoms with Crippen LogP contribution in [0.1, 0.15) is 12.1 Å². The van der Waals surface area contributed by atoms with Crippen molar-refractivity contribution in [1.82, 2.24) is 19.9 Å². The van der Waals surface area contributed by atoms with Crippen molar-refractivity contribution in [1.29, 1.82) is 0 Å². The molecule has 0 spiro atoms. The zero-order valence-corrected chi connectivity index (χ0v) is 11.1. The van der Waals surface area contributed by atoms with Crippen LogP contribution in [0.5, 0.6) is 0 Å². The molecule has 2 N–H and O–H groups in total. The summed E-state index contributed by atoms with van der Waals surface area (Å²) in [6.45, 7) is 2.55. The van der Waals surface area contributed by atoms with E-state index in [1.807, 2.05) is 4.90 Å². The minimum atomic E-state index is 0.0428. The maximum atomic E-state index is 12.1. The van der Waals surface area contributed by atoms with Crippen molar-refractivity contribution >= 4 is 5.91 Å². The van der Waals surface area contributed by atoms with Crippen LogP contribution >= 0.6 is 0 Å². The molecule has 0 aromatic carbocycles. The van der Waals surface area contributed by atoms with Crippen molar-refractivity contribution in [2.24, 2.45) is 5.73 Å². The van der Waals surface area contributed by atoms with Gasteiger partial charge < -0.3 is 15.4 Å². The Morgan fingerprint density at radius 3 is 3.00 bits per heavy atom. The Hall–Kier alpha value is -1.73. The summed E-state index contributed by atoms with van der Waals surface area (Å²) >= 11 is 0. The Labute approximate surface area is 112 Å². The molecule has 7 nitrogen and oxygen atoms in total. The molecule has 1 aliphatic heterocycles. The van der Waals surface area contributed by atoms with Crippen molar-refractivity contribution in [2.45, 2.75) is 19.5 Å². The Morgan fingerprint density at radius 1 is 1.58 bits per heavy atom. The monoisotopic (exact) mass is 265 g/mol. The maximum Gasteiger partial charge on any atom is 0.244 e. The standard InChI is InChI=1S/C12H19N5O2/c1-19-9-10-2-4-16(5-3-10)12(18)8-17-7-11(6-13)14-15-17/h2,7H,3-6,8-9,13H2,1H3. The molecule has 19 heavy (non-hydrogen) atoms. The van der Waals surface area contributed by atoms with Crippen LogP contribution in [0.2, 0.25) is 0 Å². The molecule has 104 valence electrons. The lowest BCUT2D eigenvalue weighted by Gasteiger charge is -2.26. The minimum Gasteiger partial charge on any atom is -0.380 e. The van der Waals surface area contributed by atoms with Crippen LogP contribution in [0.15, 0.2) is 17.8 Å². The summed E-state index contributed by atoms with van der Waals surface area (Å²) < 4.78 is 6.61. The van der Waals surface area contributed by atoms with Gasteiger partial charge in [0.1, 0.15) is 6.54 Å². The fraction of sp³-hybridized carbons (Fsp3) is 0.583. The highest BCUT2D eigenvalue weighted by Crippen LogP contribution is 2.11. The second kappa shape index (κ2) is 6.44. The summed E-state index contributed by atoms with van der Waals surface area (Å²) in [7, 11) is 1.68. The predicted molar refractivity (Wildman–Crippen MR) is 69.1 cm³/mol. The minimum absolute atomic E-state index is 0.0428. The average molecular weight is 265 g/mol. The smallest absolute Gasteiger partial charge is 0.244 e. The number of amides is 1. The SMILES string of the molecule is COCC1=CCN(C(=O)Cn2cc(CN)nn2)CC1. The Balaban J connectivity index is 1.87. The Bertz CT molecular complexity index is 468. The highest BCUT2D eigenvalue weighted by molar-refractivity contribution is 5.76. The van der Waals surface area contributed by atoms with E-state index >= 15 is 0 Å². The van der Waals surface area contributed by atoms with E-state index in [4.69, 9.17) is 10.5 Å². The molecule has 0 fully saturated rings. The fourth-order valence-corrected chi connectivity index (χ4v) is 2.00. The second-order valence-electron chi connectivity index (χ2n) is 4.50. The highest BCUT2D eigenvalue weighted by Gasteiger charge is 2.17. The largest absolute Gasteiger partial charge is 0.380 e. The Kier molecular flexibility index (Phi) is 4.64. The van der Waals surface area contributed by atoms with Gasteiger partial charge in [0.15, 0.2) is 0 Å². The van der Waals surface area contributed by atoms with Gasteiger partial charge in [-0.05, 0) is 12.0 Å². The molecule has 0 radical (unpaired) electrons. The molecular weight excluding hydrogens is 246 g/mol. The lowest BCUT2D eigenvalue weighted by Crippen LogP contribution is -2.37. The molecule has 1 aromatic heterocycles. The molecule has 2 rings (SSSR count). The van der Waals surface area contributed by atoms with E-state index in [9.17, 15) is 4.79 Å². The van der Waals surface area contributed by atoms with E-state index < -0.39 is 0 Å². The number of hydrogen-bond acceptors (Lipinski definition) is 5. The topological polar surface area (TPSA) is 86.3 Å². The number of ether oxygens (including phenoxy) is 1. The van der Waals surface area contributed by atoms with E-state index in [2.05, 4.69) is 16.4 Å². The lowest BCUT2D eigenvalue weighted by atomic mass is 10.1. The fourth-order valence-electron chi connectivity index (χ4n) is 2.00. The molecule has 0 saturated heterocycles. The van der Waals surface area contributed by atoms with Crippen LogP contribution in [-0.2, 0) is 22.6 Å². The van der Waals surface area contributed by atoms with Crippen molar-refractivity contribution in [3.8, 4) is 0 Å². The zero-order chi connectivity index (χ0) is 13.7. The first-order valence-corrected chi connectivity index (χ1v) is 6.26. The van der Waals surface area contributed by atoms with E-state index in [1.54, 1.807) is 13.3 Å². The van der Waals surface area contributed by atoms with E-state index in [1.165, 1.54) is 10.3 Å². The van der Waals surface area contributed by atoms with Crippen LogP contribution < -0.4 is 5.73 Å². The normalized spacial score (nSPS) is 15.5. The summed E-state index contributed by atoms with van der Waals surface area (Å²) in [5.41, 5.74) is 7.39. The van der Waals surface area contributed by atoms with Crippen LogP contribution in [-0.4, -0.2) is 52.6 Å². The third-order valence-electron chi connectivity index (χ3n) is 3.08. The van der Waals surface area contributed by atoms with Crippen LogP contribution in [0, 0.1) is 0 Å². The second-order valence-corrected chi connectivity index (χ2v) is 4.50. The number of carbonyl (C=O) groups excluding carboxylic acids is 1. The lowest BCUT2D eigenvalue weighted by molar-refractivity contribution is -0.131. The first-order chi connectivity index (χ1) is 9.22. The average Bonchev–Trinajstić information content (AvgIpc) is 2.87. The summed E-state index contributed by atoms with van der Waals surface area (Å²) in [5, 5.41) is 7.73. The summed E-state index contributed by atoms with van der Waals surface area (Å²) in [6.07, 6.45) is 4.62. The summed E-state index contributed by atoms with van der Waals surface area (Å²) in [4.78, 5) is 13.9. The molecule has 0 unspecified atom stereocenters. The molecule has 1 aromatic rings. The number of hydrogen-bond donors (Lipinski definition) is 1. The van der Waals surface area contributed by atoms with Gasteiger partial charge in [-0.15, -0.1) is 5.10 Å². The molecule has 2 heterocycles. The van der Waals surface area contributed by atoms with Gasteiger partial charge in [0.2, 0.25) is 5.91 Å². The van der Waals surface area contributed by atoms with E-state index in [0.717, 1.165) is 13.0 Å². The molecule has 0 bridgehead atoms. The molecule has 0 saturated carbocycles. The van der Waals surface area contributed by atoms with Crippen molar-refractivity contribution in [3.63, 3.8) is 0 Å². The first-order valence-electron chi connectivity index (χ1n) is 6.26. The van der Waals surface area contributed by atoms with Crippen LogP contribution in [0.3, 0.4) is 0 Å². The third-order valence-corrected chi connectivity index (χ3v) is 3.08. The first kappa shape index (κ1) is 13.7. The van der Waals surface area contributed by atoms with Gasteiger partial charge in [0.25, 0.3) is 0 Å². The van der Waals surface area contributed by atoms with Crippen molar-refractivity contribution in [3.05, 3.63) is 23.5 Å². The number of nitrogens with zero attached hydrogens (tertiary/aromatic N) is 4. The number of methoxy groups -OCH3 is 1. The predicted octanol–water partition coefficient (Wildman–Crippen LogP) is -0.458. The number of nitrogens with two attached hydrogens (primary N) is 1. The quantitative estimate of drug-likeness (QED) is 0.728. The molecule has 1 aliphatic rings. The van der Waals surface area contributed by atoms with Gasteiger partial charge in [-0.3, -0.25) is 4.79 Å². The third kappa shape index (κ3) is 3.62.